The molecule has 1 atom stereocenters. The van der Waals surface area contributed by atoms with Crippen molar-refractivity contribution in [3.63, 3.8) is 0 Å². The molecule has 7 heteroatoms. The molecule has 0 aliphatic heterocycles. The number of urea groups is 1. The highest BCUT2D eigenvalue weighted by Gasteiger charge is 2.16. The predicted octanol–water partition coefficient (Wildman–Crippen LogP) is 3.80. The maximum atomic E-state index is 12.4. The molecule has 3 rings (SSSR count). The van der Waals surface area contributed by atoms with Crippen LogP contribution in [0.2, 0.25) is 5.02 Å². The number of hydrogen-bond acceptors (Lipinski definition) is 3. The Hall–Kier alpha value is -2.86. The van der Waals surface area contributed by atoms with Crippen LogP contribution in [0.15, 0.2) is 61.2 Å². The zero-order chi connectivity index (χ0) is 17.6. The minimum absolute atomic E-state index is 0.246. The molecule has 1 aromatic heterocycles. The molecular weight excluding hydrogens is 338 g/mol. The zero-order valence-corrected chi connectivity index (χ0v) is 14.4. The van der Waals surface area contributed by atoms with Gasteiger partial charge in [-0.05, 0) is 30.2 Å². The van der Waals surface area contributed by atoms with Crippen LogP contribution in [0.3, 0.4) is 0 Å². The zero-order valence-electron chi connectivity index (χ0n) is 13.7. The average Bonchev–Trinajstić information content (AvgIpc) is 3.11. The molecule has 2 N–H and O–H groups in total. The van der Waals surface area contributed by atoms with Crippen molar-refractivity contribution in [2.24, 2.45) is 0 Å². The number of nitrogens with zero attached hydrogens (tertiary/aromatic N) is 3. The predicted molar refractivity (Wildman–Crippen MR) is 97.5 cm³/mol. The summed E-state index contributed by atoms with van der Waals surface area (Å²) in [6, 6.07) is 14.6. The maximum Gasteiger partial charge on any atom is 0.319 e. The summed E-state index contributed by atoms with van der Waals surface area (Å²) in [7, 11) is 0. The van der Waals surface area contributed by atoms with Gasteiger partial charge in [-0.1, -0.05) is 48.0 Å². The van der Waals surface area contributed by atoms with Crippen LogP contribution in [0.25, 0.3) is 0 Å². The van der Waals surface area contributed by atoms with Gasteiger partial charge in [0.25, 0.3) is 0 Å². The highest BCUT2D eigenvalue weighted by atomic mass is 35.5. The molecule has 0 saturated carbocycles. The number of benzene rings is 2. The molecule has 2 amide bonds. The summed E-state index contributed by atoms with van der Waals surface area (Å²) in [6.07, 6.45) is 3.09. The third-order valence-corrected chi connectivity index (χ3v) is 4.18. The van der Waals surface area contributed by atoms with Crippen LogP contribution in [0.4, 0.5) is 10.5 Å². The van der Waals surface area contributed by atoms with Gasteiger partial charge in [-0.2, -0.15) is 5.10 Å². The Kier molecular flexibility index (Phi) is 5.30. The van der Waals surface area contributed by atoms with Crippen LogP contribution in [-0.2, 0) is 6.54 Å². The molecule has 1 heterocycles. The lowest BCUT2D eigenvalue weighted by molar-refractivity contribution is 0.246. The number of halogens is 1. The fourth-order valence-electron chi connectivity index (χ4n) is 2.43. The van der Waals surface area contributed by atoms with Gasteiger partial charge in [-0.3, -0.25) is 4.68 Å². The van der Waals surface area contributed by atoms with Crippen LogP contribution in [0.5, 0.6) is 0 Å². The van der Waals surface area contributed by atoms with E-state index in [0.29, 0.717) is 17.3 Å². The average molecular weight is 356 g/mol. The molecule has 3 aromatic rings. The van der Waals surface area contributed by atoms with Crippen molar-refractivity contribution in [3.05, 3.63) is 77.3 Å². The quantitative estimate of drug-likeness (QED) is 0.731. The summed E-state index contributed by atoms with van der Waals surface area (Å²) in [5, 5.41) is 10.5. The van der Waals surface area contributed by atoms with Crippen LogP contribution in [0.1, 0.15) is 17.2 Å². The molecule has 0 aliphatic carbocycles. The van der Waals surface area contributed by atoms with Gasteiger partial charge in [-0.25, -0.2) is 9.78 Å². The first kappa shape index (κ1) is 17.0. The molecule has 2 aromatic carbocycles. The smallest absolute Gasteiger partial charge is 0.319 e. The third kappa shape index (κ3) is 4.58. The van der Waals surface area contributed by atoms with E-state index in [1.165, 1.54) is 6.33 Å². The monoisotopic (exact) mass is 355 g/mol. The van der Waals surface area contributed by atoms with E-state index in [1.54, 1.807) is 17.1 Å². The Balaban J connectivity index is 1.72. The van der Waals surface area contributed by atoms with Gasteiger partial charge in [0.1, 0.15) is 12.7 Å². The minimum atomic E-state index is -0.311. The number of hydrogen-bond donors (Lipinski definition) is 2. The molecule has 0 bridgehead atoms. The van der Waals surface area contributed by atoms with Gasteiger partial charge in [0.15, 0.2) is 0 Å². The van der Waals surface area contributed by atoms with E-state index in [4.69, 9.17) is 11.6 Å². The van der Waals surface area contributed by atoms with Crippen molar-refractivity contribution < 1.29 is 4.79 Å². The van der Waals surface area contributed by atoms with Crippen molar-refractivity contribution in [3.8, 4) is 0 Å². The second kappa shape index (κ2) is 7.81. The van der Waals surface area contributed by atoms with E-state index >= 15 is 0 Å². The van der Waals surface area contributed by atoms with Crippen LogP contribution in [-0.4, -0.2) is 20.8 Å². The van der Waals surface area contributed by atoms with Gasteiger partial charge in [0.05, 0.1) is 12.6 Å². The molecule has 0 spiro atoms. The number of aromatic nitrogens is 3. The molecule has 0 aliphatic rings. The van der Waals surface area contributed by atoms with Gasteiger partial charge in [-0.15, -0.1) is 0 Å². The van der Waals surface area contributed by atoms with E-state index < -0.39 is 0 Å². The first-order chi connectivity index (χ1) is 12.1. The van der Waals surface area contributed by atoms with Gasteiger partial charge in [0.2, 0.25) is 0 Å². The minimum Gasteiger partial charge on any atom is -0.329 e. The molecule has 128 valence electrons. The second-order valence-electron chi connectivity index (χ2n) is 5.64. The highest BCUT2D eigenvalue weighted by molar-refractivity contribution is 6.31. The summed E-state index contributed by atoms with van der Waals surface area (Å²) >= 11 is 6.10. The van der Waals surface area contributed by atoms with Crippen molar-refractivity contribution in [2.45, 2.75) is 19.5 Å². The van der Waals surface area contributed by atoms with Gasteiger partial charge < -0.3 is 10.6 Å². The summed E-state index contributed by atoms with van der Waals surface area (Å²) in [5.41, 5.74) is 2.58. The first-order valence-electron chi connectivity index (χ1n) is 7.83. The molecule has 0 radical (unpaired) electrons. The van der Waals surface area contributed by atoms with Crippen LogP contribution in [0, 0.1) is 6.92 Å². The Morgan fingerprint density at radius 2 is 2.04 bits per heavy atom. The number of carbonyl (C=O) groups is 1. The first-order valence-corrected chi connectivity index (χ1v) is 8.20. The summed E-state index contributed by atoms with van der Waals surface area (Å²) < 4.78 is 1.68. The molecule has 1 unspecified atom stereocenters. The van der Waals surface area contributed by atoms with E-state index in [-0.39, 0.29) is 12.1 Å². The molecule has 25 heavy (non-hydrogen) atoms. The number of nitrogens with one attached hydrogen (secondary N) is 2. The Morgan fingerprint density at radius 3 is 2.72 bits per heavy atom. The number of anilines is 1. The summed E-state index contributed by atoms with van der Waals surface area (Å²) in [6.45, 7) is 2.39. The van der Waals surface area contributed by atoms with Crippen LogP contribution < -0.4 is 10.6 Å². The van der Waals surface area contributed by atoms with Gasteiger partial charge >= 0.3 is 6.03 Å². The number of amides is 2. The highest BCUT2D eigenvalue weighted by Crippen LogP contribution is 2.20. The fraction of sp³-hybridized carbons (Fsp3) is 0.167. The van der Waals surface area contributed by atoms with Crippen molar-refractivity contribution >= 4 is 23.3 Å². The van der Waals surface area contributed by atoms with E-state index in [9.17, 15) is 4.79 Å². The normalized spacial score (nSPS) is 11.8. The largest absolute Gasteiger partial charge is 0.329 e. The fourth-order valence-corrected chi connectivity index (χ4v) is 2.61. The molecular formula is C18H18ClN5O. The Labute approximate surface area is 150 Å². The lowest BCUT2D eigenvalue weighted by atomic mass is 10.1. The maximum absolute atomic E-state index is 12.4. The lowest BCUT2D eigenvalue weighted by Gasteiger charge is -2.19. The molecule has 0 saturated heterocycles. The number of carbonyl (C=O) groups excluding carboxylic acids is 1. The van der Waals surface area contributed by atoms with E-state index in [0.717, 1.165) is 11.1 Å². The Bertz CT molecular complexity index is 836. The Morgan fingerprint density at radius 1 is 1.24 bits per heavy atom. The van der Waals surface area contributed by atoms with Crippen molar-refractivity contribution in [1.82, 2.24) is 20.1 Å². The molecule has 0 fully saturated rings. The van der Waals surface area contributed by atoms with Crippen molar-refractivity contribution in [1.29, 1.82) is 0 Å². The standard InChI is InChI=1S/C18H18ClN5O/c1-13-7-8-15(9-16(13)19)22-18(25)23-17(10-24-12-20-11-21-24)14-5-3-2-4-6-14/h2-9,11-12,17H,10H2,1H3,(H2,22,23,25). The topological polar surface area (TPSA) is 71.8 Å². The lowest BCUT2D eigenvalue weighted by Crippen LogP contribution is -2.35. The SMILES string of the molecule is Cc1ccc(NC(=O)NC(Cn2cncn2)c2ccccc2)cc1Cl. The van der Waals surface area contributed by atoms with E-state index in [1.807, 2.05) is 49.4 Å². The van der Waals surface area contributed by atoms with Crippen LogP contribution >= 0.6 is 11.6 Å². The van der Waals surface area contributed by atoms with E-state index in [2.05, 4.69) is 20.7 Å². The van der Waals surface area contributed by atoms with Gasteiger partial charge in [0, 0.05) is 10.7 Å². The summed E-state index contributed by atoms with van der Waals surface area (Å²) in [4.78, 5) is 16.4. The molecule has 6 nitrogen and oxygen atoms in total. The third-order valence-electron chi connectivity index (χ3n) is 3.77. The second-order valence-corrected chi connectivity index (χ2v) is 6.05. The number of aryl methyl sites for hydroxylation is 1. The number of rotatable bonds is 5. The summed E-state index contributed by atoms with van der Waals surface area (Å²) in [5.74, 6) is 0. The van der Waals surface area contributed by atoms with Crippen molar-refractivity contribution in [2.75, 3.05) is 5.32 Å².